The van der Waals surface area contributed by atoms with Crippen LogP contribution in [0.1, 0.15) is 5.56 Å². The first-order valence-electron chi connectivity index (χ1n) is 7.57. The van der Waals surface area contributed by atoms with Gasteiger partial charge in [0.25, 0.3) is 5.91 Å². The van der Waals surface area contributed by atoms with E-state index in [0.29, 0.717) is 28.2 Å². The van der Waals surface area contributed by atoms with Crippen LogP contribution in [0.15, 0.2) is 56.3 Å². The molecule has 0 radical (unpaired) electrons. The van der Waals surface area contributed by atoms with Crippen molar-refractivity contribution < 1.29 is 14.3 Å². The molecule has 1 amide bonds. The van der Waals surface area contributed by atoms with Crippen LogP contribution in [0.5, 0.6) is 11.5 Å². The number of hydrogen-bond acceptors (Lipinski definition) is 5. The number of ether oxygens (including phenoxy) is 2. The highest BCUT2D eigenvalue weighted by Gasteiger charge is 2.22. The molecule has 4 nitrogen and oxygen atoms in total. The summed E-state index contributed by atoms with van der Waals surface area (Å²) in [5, 5.41) is 2.61. The number of benzene rings is 2. The smallest absolute Gasteiger partial charge is 0.263 e. The van der Waals surface area contributed by atoms with Crippen molar-refractivity contribution in [3.05, 3.63) is 61.9 Å². The average Bonchev–Trinajstić information content (AvgIpc) is 2.90. The van der Waals surface area contributed by atoms with E-state index in [9.17, 15) is 4.79 Å². The Bertz CT molecular complexity index is 886. The first kappa shape index (κ1) is 19.4. The normalized spacial score (nSPS) is 15.2. The van der Waals surface area contributed by atoms with E-state index in [0.717, 1.165) is 20.3 Å². The van der Waals surface area contributed by atoms with Crippen LogP contribution < -0.4 is 14.8 Å². The summed E-state index contributed by atoms with van der Waals surface area (Å²) in [4.78, 5) is 12.4. The van der Waals surface area contributed by atoms with Crippen LogP contribution in [0.2, 0.25) is 0 Å². The summed E-state index contributed by atoms with van der Waals surface area (Å²) in [5.41, 5.74) is 0.796. The number of amides is 1. The van der Waals surface area contributed by atoms with Crippen molar-refractivity contribution in [2.45, 2.75) is 0 Å². The Morgan fingerprint density at radius 1 is 1.08 bits per heavy atom. The van der Waals surface area contributed by atoms with E-state index >= 15 is 0 Å². The quantitative estimate of drug-likeness (QED) is 0.328. The van der Waals surface area contributed by atoms with Crippen molar-refractivity contribution in [2.75, 3.05) is 13.2 Å². The van der Waals surface area contributed by atoms with E-state index < -0.39 is 0 Å². The summed E-state index contributed by atoms with van der Waals surface area (Å²) < 4.78 is 13.8. The van der Waals surface area contributed by atoms with Gasteiger partial charge in [0.2, 0.25) is 0 Å². The van der Waals surface area contributed by atoms with Gasteiger partial charge in [-0.1, -0.05) is 61.9 Å². The summed E-state index contributed by atoms with van der Waals surface area (Å²) >= 11 is 13.1. The van der Waals surface area contributed by atoms with Crippen LogP contribution in [0, 0.1) is 0 Å². The third-order valence-electron chi connectivity index (χ3n) is 3.31. The fourth-order valence-electron chi connectivity index (χ4n) is 2.19. The molecule has 0 aliphatic carbocycles. The van der Waals surface area contributed by atoms with Gasteiger partial charge < -0.3 is 14.8 Å². The lowest BCUT2D eigenvalue weighted by Crippen LogP contribution is -2.17. The van der Waals surface area contributed by atoms with E-state index in [-0.39, 0.29) is 5.91 Å². The Morgan fingerprint density at radius 2 is 1.85 bits per heavy atom. The molecular weight excluding hydrogens is 502 g/mol. The lowest BCUT2D eigenvalue weighted by molar-refractivity contribution is -0.115. The Kier molecular flexibility index (Phi) is 6.74. The van der Waals surface area contributed by atoms with Crippen molar-refractivity contribution in [3.63, 3.8) is 0 Å². The van der Waals surface area contributed by atoms with Crippen LogP contribution in [0.3, 0.4) is 0 Å². The number of carbonyl (C=O) groups excluding carboxylic acids is 1. The van der Waals surface area contributed by atoms with Crippen molar-refractivity contribution in [1.29, 1.82) is 0 Å². The molecule has 0 aromatic heterocycles. The van der Waals surface area contributed by atoms with Gasteiger partial charge in [-0.3, -0.25) is 4.79 Å². The molecule has 1 saturated heterocycles. The number of thiocarbonyl (C=S) groups is 1. The predicted molar refractivity (Wildman–Crippen MR) is 116 cm³/mol. The lowest BCUT2D eigenvalue weighted by atomic mass is 10.2. The van der Waals surface area contributed by atoms with Crippen LogP contribution in [0.4, 0.5) is 0 Å². The van der Waals surface area contributed by atoms with E-state index in [4.69, 9.17) is 21.7 Å². The first-order chi connectivity index (χ1) is 12.5. The number of rotatable bonds is 6. The molecule has 1 fully saturated rings. The molecular formula is C18H13Br2NO3S2. The molecule has 0 unspecified atom stereocenters. The third-order valence-corrected chi connectivity index (χ3v) is 5.46. The topological polar surface area (TPSA) is 47.6 Å². The molecule has 0 spiro atoms. The summed E-state index contributed by atoms with van der Waals surface area (Å²) in [6.07, 6.45) is 1.77. The van der Waals surface area contributed by atoms with Crippen molar-refractivity contribution in [3.8, 4) is 11.5 Å². The second kappa shape index (κ2) is 9.03. The van der Waals surface area contributed by atoms with Gasteiger partial charge in [0.1, 0.15) is 29.0 Å². The number of halogens is 2. The summed E-state index contributed by atoms with van der Waals surface area (Å²) in [6.45, 7) is 0.782. The summed E-state index contributed by atoms with van der Waals surface area (Å²) in [7, 11) is 0. The van der Waals surface area contributed by atoms with Gasteiger partial charge in [-0.15, -0.1) is 0 Å². The van der Waals surface area contributed by atoms with Gasteiger partial charge in [-0.05, 0) is 42.5 Å². The van der Waals surface area contributed by atoms with Crippen LogP contribution in [-0.4, -0.2) is 23.4 Å². The molecule has 1 aliphatic heterocycles. The predicted octanol–water partition coefficient (Wildman–Crippen LogP) is 5.16. The van der Waals surface area contributed by atoms with Crippen LogP contribution >= 0.6 is 55.8 Å². The molecule has 1 aliphatic rings. The van der Waals surface area contributed by atoms with Crippen molar-refractivity contribution in [2.24, 2.45) is 0 Å². The molecule has 8 heteroatoms. The fourth-order valence-corrected chi connectivity index (χ4v) is 3.99. The molecule has 26 heavy (non-hydrogen) atoms. The number of thioether (sulfide) groups is 1. The van der Waals surface area contributed by atoms with Crippen molar-refractivity contribution in [1.82, 2.24) is 5.32 Å². The maximum atomic E-state index is 11.9. The zero-order valence-corrected chi connectivity index (χ0v) is 18.1. The fraction of sp³-hybridized carbons (Fsp3) is 0.111. The molecule has 0 saturated carbocycles. The average molecular weight is 515 g/mol. The van der Waals surface area contributed by atoms with Crippen LogP contribution in [0.25, 0.3) is 6.08 Å². The van der Waals surface area contributed by atoms with Crippen LogP contribution in [-0.2, 0) is 4.79 Å². The largest absolute Gasteiger partial charge is 0.490 e. The Labute approximate surface area is 177 Å². The molecule has 134 valence electrons. The second-order valence-electron chi connectivity index (χ2n) is 5.19. The third kappa shape index (κ3) is 5.33. The Morgan fingerprint density at radius 3 is 2.58 bits per heavy atom. The van der Waals surface area contributed by atoms with E-state index in [1.807, 2.05) is 42.5 Å². The zero-order chi connectivity index (χ0) is 18.5. The standard InChI is InChI=1S/C18H13Br2NO3S2/c19-12-2-1-3-14(10-12)23-6-7-24-15-5-4-13(20)8-11(15)9-16-17(22)21-18(25)26-16/h1-5,8-10H,6-7H2,(H,21,22,25)/b16-9-. The highest BCUT2D eigenvalue weighted by atomic mass is 79.9. The zero-order valence-electron chi connectivity index (χ0n) is 13.3. The minimum atomic E-state index is -0.191. The number of nitrogens with one attached hydrogen (secondary N) is 1. The highest BCUT2D eigenvalue weighted by Crippen LogP contribution is 2.31. The molecule has 2 aromatic carbocycles. The first-order valence-corrected chi connectivity index (χ1v) is 10.4. The van der Waals surface area contributed by atoms with E-state index in [2.05, 4.69) is 37.2 Å². The summed E-state index contributed by atoms with van der Waals surface area (Å²) in [5.74, 6) is 1.25. The van der Waals surface area contributed by atoms with Gasteiger partial charge >= 0.3 is 0 Å². The SMILES string of the molecule is O=C1NC(=S)S/C1=C\c1cc(Br)ccc1OCCOc1cccc(Br)c1. The maximum absolute atomic E-state index is 11.9. The Hall–Kier alpha value is -1.35. The summed E-state index contributed by atoms with van der Waals surface area (Å²) in [6, 6.07) is 13.3. The molecule has 0 bridgehead atoms. The van der Waals surface area contributed by atoms with Gasteiger partial charge in [0.15, 0.2) is 0 Å². The lowest BCUT2D eigenvalue weighted by Gasteiger charge is -2.11. The van der Waals surface area contributed by atoms with E-state index in [1.54, 1.807) is 6.08 Å². The minimum Gasteiger partial charge on any atom is -0.490 e. The molecule has 1 heterocycles. The molecule has 2 aromatic rings. The van der Waals surface area contributed by atoms with Gasteiger partial charge in [0, 0.05) is 14.5 Å². The van der Waals surface area contributed by atoms with E-state index in [1.165, 1.54) is 11.8 Å². The number of hydrogen-bond donors (Lipinski definition) is 1. The Balaban J connectivity index is 1.65. The monoisotopic (exact) mass is 513 g/mol. The van der Waals surface area contributed by atoms with Gasteiger partial charge in [0.05, 0.1) is 4.91 Å². The van der Waals surface area contributed by atoms with Crippen molar-refractivity contribution >= 4 is 72.1 Å². The van der Waals surface area contributed by atoms with Gasteiger partial charge in [-0.2, -0.15) is 0 Å². The molecule has 0 atom stereocenters. The number of carbonyl (C=O) groups is 1. The molecule has 1 N–H and O–H groups in total. The second-order valence-corrected chi connectivity index (χ2v) is 8.74. The maximum Gasteiger partial charge on any atom is 0.263 e. The minimum absolute atomic E-state index is 0.191. The highest BCUT2D eigenvalue weighted by molar-refractivity contribution is 9.10. The molecule has 3 rings (SSSR count). The van der Waals surface area contributed by atoms with Gasteiger partial charge in [-0.25, -0.2) is 0 Å².